The van der Waals surface area contributed by atoms with E-state index in [-0.39, 0.29) is 12.1 Å². The molecule has 0 aromatic heterocycles. The quantitative estimate of drug-likeness (QED) is 0.853. The molecule has 1 aliphatic heterocycles. The van der Waals surface area contributed by atoms with Crippen LogP contribution in [0.5, 0.6) is 5.75 Å². The molecule has 1 saturated heterocycles. The molecule has 0 spiro atoms. The average molecular weight is 321 g/mol. The second-order valence-corrected chi connectivity index (χ2v) is 7.31. The van der Waals surface area contributed by atoms with Crippen molar-refractivity contribution in [2.45, 2.75) is 58.4 Å². The molecule has 1 aliphatic rings. The van der Waals surface area contributed by atoms with Gasteiger partial charge in [0.1, 0.15) is 17.1 Å². The zero-order valence-corrected chi connectivity index (χ0v) is 14.9. The molecule has 0 unspecified atom stereocenters. The second-order valence-electron chi connectivity index (χ2n) is 7.31. The Hall–Kier alpha value is -1.75. The first kappa shape index (κ1) is 17.6. The van der Waals surface area contributed by atoms with Gasteiger partial charge in [-0.15, -0.1) is 0 Å². The van der Waals surface area contributed by atoms with Crippen LogP contribution < -0.4 is 4.74 Å². The molecular formula is C18H27NO4. The van der Waals surface area contributed by atoms with Gasteiger partial charge in [-0.1, -0.05) is 12.1 Å². The van der Waals surface area contributed by atoms with Gasteiger partial charge >= 0.3 is 6.09 Å². The summed E-state index contributed by atoms with van der Waals surface area (Å²) in [6.45, 7) is 9.89. The van der Waals surface area contributed by atoms with Crippen LogP contribution in [-0.2, 0) is 15.9 Å². The summed E-state index contributed by atoms with van der Waals surface area (Å²) >= 11 is 0. The van der Waals surface area contributed by atoms with Gasteiger partial charge in [-0.05, 0) is 58.7 Å². The number of hydrogen-bond acceptors (Lipinski definition) is 4. The molecule has 0 saturated carbocycles. The summed E-state index contributed by atoms with van der Waals surface area (Å²) in [5.41, 5.74) is -0.0643. The number of benzene rings is 1. The van der Waals surface area contributed by atoms with Crippen molar-refractivity contribution in [1.29, 1.82) is 0 Å². The summed E-state index contributed by atoms with van der Waals surface area (Å²) in [5.74, 6) is 0.820. The van der Waals surface area contributed by atoms with E-state index in [0.29, 0.717) is 13.0 Å². The SMILES string of the molecule is COc1ccc(C[C@H]2COC(C)(C)N2C(=O)OC(C)(C)C)cc1. The number of ether oxygens (including phenoxy) is 3. The lowest BCUT2D eigenvalue weighted by Gasteiger charge is -2.35. The van der Waals surface area contributed by atoms with Crippen molar-refractivity contribution in [2.24, 2.45) is 0 Å². The Morgan fingerprint density at radius 1 is 1.30 bits per heavy atom. The molecule has 1 atom stereocenters. The van der Waals surface area contributed by atoms with Crippen LogP contribution in [0.3, 0.4) is 0 Å². The molecule has 0 N–H and O–H groups in total. The standard InChI is InChI=1S/C18H27NO4/c1-17(2,3)23-16(20)19-14(12-22-18(19,4)5)11-13-7-9-15(21-6)10-8-13/h7-10,14H,11-12H2,1-6H3/t14-/m0/s1. The van der Waals surface area contributed by atoms with Crippen LogP contribution in [0.15, 0.2) is 24.3 Å². The highest BCUT2D eigenvalue weighted by molar-refractivity contribution is 5.69. The largest absolute Gasteiger partial charge is 0.497 e. The number of hydrogen-bond donors (Lipinski definition) is 0. The number of rotatable bonds is 3. The summed E-state index contributed by atoms with van der Waals surface area (Å²) in [4.78, 5) is 14.3. The number of carbonyl (C=O) groups excluding carboxylic acids is 1. The Bertz CT molecular complexity index is 545. The van der Waals surface area contributed by atoms with E-state index >= 15 is 0 Å². The van der Waals surface area contributed by atoms with E-state index in [9.17, 15) is 4.79 Å². The number of amides is 1. The van der Waals surface area contributed by atoms with Crippen molar-refractivity contribution >= 4 is 6.09 Å². The predicted octanol–water partition coefficient (Wildman–Crippen LogP) is 3.61. The van der Waals surface area contributed by atoms with Crippen LogP contribution >= 0.6 is 0 Å². The molecule has 0 radical (unpaired) electrons. The zero-order valence-electron chi connectivity index (χ0n) is 14.9. The fourth-order valence-corrected chi connectivity index (χ4v) is 2.75. The van der Waals surface area contributed by atoms with E-state index < -0.39 is 11.3 Å². The molecule has 2 rings (SSSR count). The van der Waals surface area contributed by atoms with Crippen molar-refractivity contribution in [1.82, 2.24) is 4.90 Å². The van der Waals surface area contributed by atoms with Crippen LogP contribution in [0.25, 0.3) is 0 Å². The third kappa shape index (κ3) is 4.38. The third-order valence-electron chi connectivity index (χ3n) is 3.79. The number of carbonyl (C=O) groups is 1. The van der Waals surface area contributed by atoms with Gasteiger partial charge in [0.2, 0.25) is 0 Å². The van der Waals surface area contributed by atoms with Crippen molar-refractivity contribution in [3.05, 3.63) is 29.8 Å². The van der Waals surface area contributed by atoms with E-state index in [1.807, 2.05) is 58.9 Å². The number of nitrogens with zero attached hydrogens (tertiary/aromatic N) is 1. The molecule has 1 aromatic rings. The average Bonchev–Trinajstić information content (AvgIpc) is 2.72. The minimum Gasteiger partial charge on any atom is -0.497 e. The molecule has 128 valence electrons. The lowest BCUT2D eigenvalue weighted by Crippen LogP contribution is -2.50. The molecule has 5 nitrogen and oxygen atoms in total. The lowest BCUT2D eigenvalue weighted by atomic mass is 10.0. The van der Waals surface area contributed by atoms with Crippen molar-refractivity contribution < 1.29 is 19.0 Å². The summed E-state index contributed by atoms with van der Waals surface area (Å²) in [7, 11) is 1.65. The Morgan fingerprint density at radius 2 is 1.91 bits per heavy atom. The van der Waals surface area contributed by atoms with Gasteiger partial charge < -0.3 is 14.2 Å². The first-order chi connectivity index (χ1) is 10.6. The normalized spacial score (nSPS) is 20.4. The molecule has 0 bridgehead atoms. The highest BCUT2D eigenvalue weighted by Crippen LogP contribution is 2.31. The lowest BCUT2D eigenvalue weighted by molar-refractivity contribution is -0.0624. The summed E-state index contributed by atoms with van der Waals surface area (Å²) < 4.78 is 16.5. The molecule has 23 heavy (non-hydrogen) atoms. The minimum absolute atomic E-state index is 0.0479. The first-order valence-electron chi connectivity index (χ1n) is 7.91. The van der Waals surface area contributed by atoms with Gasteiger partial charge in [0.25, 0.3) is 0 Å². The molecule has 0 aliphatic carbocycles. The Labute approximate surface area is 138 Å². The van der Waals surface area contributed by atoms with Crippen LogP contribution in [-0.4, -0.2) is 42.1 Å². The smallest absolute Gasteiger partial charge is 0.412 e. The summed E-state index contributed by atoms with van der Waals surface area (Å²) in [6.07, 6.45) is 0.380. The van der Waals surface area contributed by atoms with Crippen LogP contribution in [0, 0.1) is 0 Å². The predicted molar refractivity (Wildman–Crippen MR) is 88.6 cm³/mol. The fraction of sp³-hybridized carbons (Fsp3) is 0.611. The molecule has 5 heteroatoms. The van der Waals surface area contributed by atoms with E-state index in [1.54, 1.807) is 12.0 Å². The van der Waals surface area contributed by atoms with Gasteiger partial charge in [-0.3, -0.25) is 4.90 Å². The topological polar surface area (TPSA) is 48.0 Å². The first-order valence-corrected chi connectivity index (χ1v) is 7.91. The highest BCUT2D eigenvalue weighted by atomic mass is 16.6. The highest BCUT2D eigenvalue weighted by Gasteiger charge is 2.45. The van der Waals surface area contributed by atoms with E-state index in [0.717, 1.165) is 11.3 Å². The zero-order chi connectivity index (χ0) is 17.3. The third-order valence-corrected chi connectivity index (χ3v) is 3.79. The molecule has 1 aromatic carbocycles. The van der Waals surface area contributed by atoms with E-state index in [1.165, 1.54) is 0 Å². The Kier molecular flexibility index (Phi) is 4.90. The minimum atomic E-state index is -0.667. The van der Waals surface area contributed by atoms with Gasteiger partial charge in [0.15, 0.2) is 0 Å². The van der Waals surface area contributed by atoms with Crippen molar-refractivity contribution in [2.75, 3.05) is 13.7 Å². The maximum Gasteiger partial charge on any atom is 0.412 e. The fourth-order valence-electron chi connectivity index (χ4n) is 2.75. The van der Waals surface area contributed by atoms with Crippen molar-refractivity contribution in [3.63, 3.8) is 0 Å². The van der Waals surface area contributed by atoms with E-state index in [2.05, 4.69) is 0 Å². The van der Waals surface area contributed by atoms with E-state index in [4.69, 9.17) is 14.2 Å². The van der Waals surface area contributed by atoms with Gasteiger partial charge in [-0.2, -0.15) is 0 Å². The Morgan fingerprint density at radius 3 is 2.43 bits per heavy atom. The second kappa shape index (κ2) is 6.40. The van der Waals surface area contributed by atoms with Gasteiger partial charge in [0.05, 0.1) is 19.8 Å². The van der Waals surface area contributed by atoms with Crippen LogP contribution in [0.1, 0.15) is 40.2 Å². The molecule has 1 heterocycles. The summed E-state index contributed by atoms with van der Waals surface area (Å²) in [5, 5.41) is 0. The van der Waals surface area contributed by atoms with Crippen LogP contribution in [0.4, 0.5) is 4.79 Å². The Balaban J connectivity index is 2.14. The monoisotopic (exact) mass is 321 g/mol. The molecule has 1 amide bonds. The van der Waals surface area contributed by atoms with Crippen molar-refractivity contribution in [3.8, 4) is 5.75 Å². The molecular weight excluding hydrogens is 294 g/mol. The molecule has 1 fully saturated rings. The van der Waals surface area contributed by atoms with Crippen LogP contribution in [0.2, 0.25) is 0 Å². The maximum absolute atomic E-state index is 12.6. The summed E-state index contributed by atoms with van der Waals surface area (Å²) in [6, 6.07) is 7.82. The van der Waals surface area contributed by atoms with Gasteiger partial charge in [0, 0.05) is 0 Å². The number of methoxy groups -OCH3 is 1. The maximum atomic E-state index is 12.6. The van der Waals surface area contributed by atoms with Gasteiger partial charge in [-0.25, -0.2) is 4.79 Å².